The monoisotopic (exact) mass is 337 g/mol. The van der Waals surface area contributed by atoms with Crippen LogP contribution < -0.4 is 10.6 Å². The van der Waals surface area contributed by atoms with Gasteiger partial charge in [0.15, 0.2) is 0 Å². The van der Waals surface area contributed by atoms with Crippen molar-refractivity contribution in [2.75, 3.05) is 31.7 Å². The first-order valence-electron chi connectivity index (χ1n) is 7.74. The van der Waals surface area contributed by atoms with Gasteiger partial charge in [-0.05, 0) is 38.3 Å². The van der Waals surface area contributed by atoms with Gasteiger partial charge >= 0.3 is 0 Å². The van der Waals surface area contributed by atoms with Crippen LogP contribution in [0.1, 0.15) is 20.8 Å². The van der Waals surface area contributed by atoms with Gasteiger partial charge < -0.3 is 10.6 Å². The second-order valence-corrected chi connectivity index (χ2v) is 6.87. The summed E-state index contributed by atoms with van der Waals surface area (Å²) >= 11 is 1.58. The van der Waals surface area contributed by atoms with Crippen molar-refractivity contribution in [2.45, 2.75) is 31.7 Å². The Morgan fingerprint density at radius 1 is 1.13 bits per heavy atom. The largest absolute Gasteiger partial charge is 0.352 e. The summed E-state index contributed by atoms with van der Waals surface area (Å²) in [6.45, 7) is 6.48. The van der Waals surface area contributed by atoms with Crippen LogP contribution in [0.3, 0.4) is 0 Å². The predicted molar refractivity (Wildman–Crippen MR) is 96.8 cm³/mol. The van der Waals surface area contributed by atoms with E-state index in [9.17, 15) is 9.59 Å². The van der Waals surface area contributed by atoms with E-state index in [1.54, 1.807) is 23.7 Å². The van der Waals surface area contributed by atoms with E-state index in [0.717, 1.165) is 10.6 Å². The number of para-hydroxylation sites is 1. The van der Waals surface area contributed by atoms with Crippen LogP contribution in [0.15, 0.2) is 29.2 Å². The molecule has 5 nitrogen and oxygen atoms in total. The van der Waals surface area contributed by atoms with E-state index in [0.29, 0.717) is 5.92 Å². The van der Waals surface area contributed by atoms with Crippen molar-refractivity contribution in [3.63, 3.8) is 0 Å². The number of hydrogen-bond donors (Lipinski definition) is 2. The number of anilines is 1. The zero-order valence-corrected chi connectivity index (χ0v) is 15.4. The van der Waals surface area contributed by atoms with Crippen LogP contribution in [0.4, 0.5) is 5.69 Å². The molecule has 0 spiro atoms. The third-order valence-electron chi connectivity index (χ3n) is 3.60. The number of carbonyl (C=O) groups excluding carboxylic acids is 2. The quantitative estimate of drug-likeness (QED) is 0.715. The van der Waals surface area contributed by atoms with Gasteiger partial charge in [-0.3, -0.25) is 14.5 Å². The normalized spacial score (nSPS) is 12.3. The minimum absolute atomic E-state index is 0.0639. The lowest BCUT2D eigenvalue weighted by atomic mass is 10.1. The molecule has 0 radical (unpaired) electrons. The van der Waals surface area contributed by atoms with Gasteiger partial charge in [0, 0.05) is 10.9 Å². The van der Waals surface area contributed by atoms with Gasteiger partial charge in [-0.1, -0.05) is 26.0 Å². The number of thioether (sulfide) groups is 1. The number of benzene rings is 1. The van der Waals surface area contributed by atoms with E-state index in [1.165, 1.54) is 0 Å². The second-order valence-electron chi connectivity index (χ2n) is 6.02. The van der Waals surface area contributed by atoms with Crippen LogP contribution in [0.5, 0.6) is 0 Å². The van der Waals surface area contributed by atoms with Crippen molar-refractivity contribution in [1.29, 1.82) is 0 Å². The fourth-order valence-corrected chi connectivity index (χ4v) is 2.50. The summed E-state index contributed by atoms with van der Waals surface area (Å²) in [6.07, 6.45) is 1.97. The molecule has 0 saturated heterocycles. The first-order chi connectivity index (χ1) is 10.8. The van der Waals surface area contributed by atoms with Crippen molar-refractivity contribution in [3.8, 4) is 0 Å². The molecule has 0 fully saturated rings. The number of hydrogen-bond acceptors (Lipinski definition) is 4. The third kappa shape index (κ3) is 7.05. The molecule has 0 bridgehead atoms. The number of nitrogens with zero attached hydrogens (tertiary/aromatic N) is 1. The first-order valence-corrected chi connectivity index (χ1v) is 8.96. The highest BCUT2D eigenvalue weighted by atomic mass is 32.2. The second kappa shape index (κ2) is 9.57. The van der Waals surface area contributed by atoms with Crippen LogP contribution in [0, 0.1) is 5.92 Å². The van der Waals surface area contributed by atoms with E-state index in [1.807, 2.05) is 37.4 Å². The summed E-state index contributed by atoms with van der Waals surface area (Å²) in [7, 11) is 1.76. The van der Waals surface area contributed by atoms with Gasteiger partial charge in [0.2, 0.25) is 11.8 Å². The minimum Gasteiger partial charge on any atom is -0.352 e. The van der Waals surface area contributed by atoms with E-state index in [-0.39, 0.29) is 30.9 Å². The van der Waals surface area contributed by atoms with E-state index >= 15 is 0 Å². The topological polar surface area (TPSA) is 61.4 Å². The maximum Gasteiger partial charge on any atom is 0.238 e. The Labute approximate surface area is 143 Å². The molecule has 0 aliphatic heterocycles. The van der Waals surface area contributed by atoms with Crippen LogP contribution in [-0.2, 0) is 9.59 Å². The highest BCUT2D eigenvalue weighted by molar-refractivity contribution is 7.98. The maximum atomic E-state index is 12.1. The molecule has 1 aromatic rings. The number of rotatable bonds is 8. The number of amides is 2. The minimum atomic E-state index is -0.126. The Bertz CT molecular complexity index is 534. The molecule has 0 aliphatic carbocycles. The lowest BCUT2D eigenvalue weighted by Crippen LogP contribution is -2.43. The highest BCUT2D eigenvalue weighted by Crippen LogP contribution is 2.24. The van der Waals surface area contributed by atoms with E-state index in [4.69, 9.17) is 0 Å². The van der Waals surface area contributed by atoms with E-state index in [2.05, 4.69) is 24.5 Å². The predicted octanol–water partition coefficient (Wildman–Crippen LogP) is 2.44. The third-order valence-corrected chi connectivity index (χ3v) is 4.39. The summed E-state index contributed by atoms with van der Waals surface area (Å²) in [5, 5.41) is 5.83. The number of likely N-dealkylation sites (N-methyl/N-ethyl adjacent to an activating group) is 1. The molecule has 0 aliphatic rings. The van der Waals surface area contributed by atoms with Crippen molar-refractivity contribution < 1.29 is 9.59 Å². The Morgan fingerprint density at radius 3 is 2.35 bits per heavy atom. The number of carbonyl (C=O) groups is 2. The molecule has 0 saturated carbocycles. The van der Waals surface area contributed by atoms with Crippen molar-refractivity contribution in [1.82, 2.24) is 10.2 Å². The molecule has 2 amide bonds. The molecule has 128 valence electrons. The fraction of sp³-hybridized carbons (Fsp3) is 0.529. The number of nitrogens with one attached hydrogen (secondary N) is 2. The Hall–Kier alpha value is -1.53. The Balaban J connectivity index is 2.46. The molecule has 1 aromatic carbocycles. The molecular formula is C17H27N3O2S. The zero-order chi connectivity index (χ0) is 17.4. The maximum absolute atomic E-state index is 12.1. The smallest absolute Gasteiger partial charge is 0.238 e. The lowest BCUT2D eigenvalue weighted by molar-refractivity contribution is -0.123. The van der Waals surface area contributed by atoms with Gasteiger partial charge in [0.1, 0.15) is 0 Å². The first kappa shape index (κ1) is 19.5. The van der Waals surface area contributed by atoms with Crippen LogP contribution in [-0.4, -0.2) is 49.1 Å². The summed E-state index contributed by atoms with van der Waals surface area (Å²) in [5.41, 5.74) is 0.802. The molecule has 1 rings (SSSR count). The molecular weight excluding hydrogens is 310 g/mol. The highest BCUT2D eigenvalue weighted by Gasteiger charge is 2.15. The molecule has 2 N–H and O–H groups in total. The lowest BCUT2D eigenvalue weighted by Gasteiger charge is -2.20. The van der Waals surface area contributed by atoms with Gasteiger partial charge in [-0.25, -0.2) is 0 Å². The summed E-state index contributed by atoms with van der Waals surface area (Å²) in [4.78, 5) is 26.8. The zero-order valence-electron chi connectivity index (χ0n) is 14.6. The molecule has 0 aromatic heterocycles. The Kier molecular flexibility index (Phi) is 8.12. The molecule has 6 heteroatoms. The average molecular weight is 337 g/mol. The van der Waals surface area contributed by atoms with E-state index < -0.39 is 0 Å². The fourth-order valence-electron chi connectivity index (χ4n) is 1.95. The van der Waals surface area contributed by atoms with Crippen LogP contribution in [0.25, 0.3) is 0 Å². The van der Waals surface area contributed by atoms with Gasteiger partial charge in [0.05, 0.1) is 18.8 Å². The molecule has 0 unspecified atom stereocenters. The van der Waals surface area contributed by atoms with Crippen molar-refractivity contribution in [2.24, 2.45) is 5.92 Å². The summed E-state index contributed by atoms with van der Waals surface area (Å²) < 4.78 is 0. The molecule has 23 heavy (non-hydrogen) atoms. The SMILES string of the molecule is CSc1ccccc1NC(=O)CN(C)CC(=O)N[C@H](C)C(C)C. The van der Waals surface area contributed by atoms with Gasteiger partial charge in [0.25, 0.3) is 0 Å². The molecule has 1 atom stereocenters. The summed E-state index contributed by atoms with van der Waals surface area (Å²) in [6, 6.07) is 7.79. The Morgan fingerprint density at radius 2 is 1.74 bits per heavy atom. The average Bonchev–Trinajstić information content (AvgIpc) is 2.46. The summed E-state index contributed by atoms with van der Waals surface area (Å²) in [5.74, 6) is 0.195. The van der Waals surface area contributed by atoms with Crippen molar-refractivity contribution in [3.05, 3.63) is 24.3 Å². The molecule has 0 heterocycles. The van der Waals surface area contributed by atoms with Crippen molar-refractivity contribution >= 4 is 29.3 Å². The van der Waals surface area contributed by atoms with Gasteiger partial charge in [-0.2, -0.15) is 0 Å². The van der Waals surface area contributed by atoms with Gasteiger partial charge in [-0.15, -0.1) is 11.8 Å². The van der Waals surface area contributed by atoms with Crippen LogP contribution in [0.2, 0.25) is 0 Å². The standard InChI is InChI=1S/C17H27N3O2S/c1-12(2)13(3)18-16(21)10-20(4)11-17(22)19-14-8-6-7-9-15(14)23-5/h6-9,12-13H,10-11H2,1-5H3,(H,18,21)(H,19,22)/t13-/m1/s1. The van der Waals surface area contributed by atoms with Crippen LogP contribution >= 0.6 is 11.8 Å².